The lowest BCUT2D eigenvalue weighted by Crippen LogP contribution is -2.49. The van der Waals surface area contributed by atoms with Gasteiger partial charge in [0.05, 0.1) is 0 Å². The van der Waals surface area contributed by atoms with E-state index in [0.29, 0.717) is 6.54 Å². The fraction of sp³-hybridized carbons (Fsp3) is 0.296. The Labute approximate surface area is 189 Å². The molecular formula is C27H30N2O3. The van der Waals surface area contributed by atoms with E-state index in [2.05, 4.69) is 21.9 Å². The number of carbonyl (C=O) groups is 1. The first-order valence-electron chi connectivity index (χ1n) is 11.1. The van der Waals surface area contributed by atoms with Crippen LogP contribution in [0.1, 0.15) is 17.3 Å². The average molecular weight is 431 g/mol. The topological polar surface area (TPSA) is 53.0 Å². The van der Waals surface area contributed by atoms with Crippen LogP contribution >= 0.6 is 0 Å². The molecule has 3 aromatic rings. The molecule has 1 atom stereocenters. The van der Waals surface area contributed by atoms with Crippen LogP contribution < -0.4 is 9.64 Å². The Hall–Kier alpha value is -3.15. The maximum atomic E-state index is 11.4. The van der Waals surface area contributed by atoms with Gasteiger partial charge in [-0.2, -0.15) is 0 Å². The van der Waals surface area contributed by atoms with Crippen molar-refractivity contribution in [1.82, 2.24) is 4.90 Å². The standard InChI is InChI=1S/C27H30N2O3/c1-21(30)22-7-11-25(12-8-22)29-17-15-28(16-18-29)19-26(31)20-32-27-13-9-24(10-14-27)23-5-3-2-4-6-23/h2-14,26,31H,15-20H2,1H3/t26-/m1/s1. The molecule has 1 aliphatic rings. The molecule has 166 valence electrons. The maximum Gasteiger partial charge on any atom is 0.159 e. The molecule has 1 saturated heterocycles. The molecule has 1 N–H and O–H groups in total. The number of aliphatic hydroxyl groups excluding tert-OH is 1. The summed E-state index contributed by atoms with van der Waals surface area (Å²) >= 11 is 0. The maximum absolute atomic E-state index is 11.4. The molecule has 1 aliphatic heterocycles. The van der Waals surface area contributed by atoms with Gasteiger partial charge in [0.25, 0.3) is 0 Å². The minimum absolute atomic E-state index is 0.0877. The third-order valence-electron chi connectivity index (χ3n) is 5.88. The van der Waals surface area contributed by atoms with Crippen LogP contribution in [0.15, 0.2) is 78.9 Å². The Bertz CT molecular complexity index is 995. The summed E-state index contributed by atoms with van der Waals surface area (Å²) in [7, 11) is 0. The molecule has 0 saturated carbocycles. The van der Waals surface area contributed by atoms with E-state index in [4.69, 9.17) is 4.74 Å². The van der Waals surface area contributed by atoms with Gasteiger partial charge in [-0.1, -0.05) is 42.5 Å². The third-order valence-corrected chi connectivity index (χ3v) is 5.88. The number of carbonyl (C=O) groups excluding carboxylic acids is 1. The van der Waals surface area contributed by atoms with Crippen LogP contribution in [0.5, 0.6) is 5.75 Å². The molecule has 0 amide bonds. The van der Waals surface area contributed by atoms with Gasteiger partial charge in [0.2, 0.25) is 0 Å². The number of ketones is 1. The summed E-state index contributed by atoms with van der Waals surface area (Å²) in [5.74, 6) is 0.854. The molecule has 0 aromatic heterocycles. The second-order valence-electron chi connectivity index (χ2n) is 8.25. The zero-order valence-corrected chi connectivity index (χ0v) is 18.5. The van der Waals surface area contributed by atoms with E-state index in [1.807, 2.05) is 66.7 Å². The predicted molar refractivity (Wildman–Crippen MR) is 128 cm³/mol. The first kappa shape index (κ1) is 22.1. The molecule has 5 heteroatoms. The molecule has 0 radical (unpaired) electrons. The minimum atomic E-state index is -0.537. The summed E-state index contributed by atoms with van der Waals surface area (Å²) in [6.07, 6.45) is -0.537. The van der Waals surface area contributed by atoms with Gasteiger partial charge in [-0.3, -0.25) is 9.69 Å². The average Bonchev–Trinajstić information content (AvgIpc) is 2.84. The highest BCUT2D eigenvalue weighted by molar-refractivity contribution is 5.94. The van der Waals surface area contributed by atoms with Crippen molar-refractivity contribution < 1.29 is 14.6 Å². The number of hydrogen-bond acceptors (Lipinski definition) is 5. The van der Waals surface area contributed by atoms with Crippen molar-refractivity contribution >= 4 is 11.5 Å². The van der Waals surface area contributed by atoms with Crippen molar-refractivity contribution in [3.05, 3.63) is 84.4 Å². The number of ether oxygens (including phenoxy) is 1. The fourth-order valence-electron chi connectivity index (χ4n) is 4.01. The lowest BCUT2D eigenvalue weighted by Gasteiger charge is -2.36. The number of aliphatic hydroxyl groups is 1. The van der Waals surface area contributed by atoms with Crippen molar-refractivity contribution in [2.75, 3.05) is 44.2 Å². The molecule has 5 nitrogen and oxygen atoms in total. The highest BCUT2D eigenvalue weighted by Gasteiger charge is 2.20. The lowest BCUT2D eigenvalue weighted by molar-refractivity contribution is 0.0663. The Morgan fingerprint density at radius 1 is 0.875 bits per heavy atom. The fourth-order valence-corrected chi connectivity index (χ4v) is 4.01. The van der Waals surface area contributed by atoms with Crippen molar-refractivity contribution in [3.8, 4) is 16.9 Å². The van der Waals surface area contributed by atoms with Gasteiger partial charge in [0.15, 0.2) is 5.78 Å². The first-order valence-corrected chi connectivity index (χ1v) is 11.1. The molecule has 3 aromatic carbocycles. The van der Waals surface area contributed by atoms with Gasteiger partial charge in [-0.25, -0.2) is 0 Å². The summed E-state index contributed by atoms with van der Waals surface area (Å²) in [6.45, 7) is 6.02. The number of anilines is 1. The van der Waals surface area contributed by atoms with Gasteiger partial charge in [-0.05, 0) is 54.4 Å². The molecule has 0 bridgehead atoms. The quantitative estimate of drug-likeness (QED) is 0.545. The van der Waals surface area contributed by atoms with E-state index in [0.717, 1.165) is 48.7 Å². The Morgan fingerprint density at radius 3 is 2.12 bits per heavy atom. The SMILES string of the molecule is CC(=O)c1ccc(N2CCN(C[C@@H](O)COc3ccc(-c4ccccc4)cc3)CC2)cc1. The molecule has 32 heavy (non-hydrogen) atoms. The Balaban J connectivity index is 1.20. The van der Waals surface area contributed by atoms with Crippen LogP contribution in [-0.2, 0) is 0 Å². The van der Waals surface area contributed by atoms with Crippen LogP contribution in [0, 0.1) is 0 Å². The van der Waals surface area contributed by atoms with E-state index >= 15 is 0 Å². The number of rotatable bonds is 8. The smallest absolute Gasteiger partial charge is 0.159 e. The normalized spacial score (nSPS) is 15.4. The number of benzene rings is 3. The molecule has 0 unspecified atom stereocenters. The van der Waals surface area contributed by atoms with Crippen molar-refractivity contribution in [3.63, 3.8) is 0 Å². The van der Waals surface area contributed by atoms with E-state index in [-0.39, 0.29) is 12.4 Å². The Kier molecular flexibility index (Phi) is 7.20. The second-order valence-corrected chi connectivity index (χ2v) is 8.25. The number of β-amino-alcohol motifs (C(OH)–C–C–N with tert-alkyl or cyclic N) is 1. The molecule has 0 aliphatic carbocycles. The number of hydrogen-bond donors (Lipinski definition) is 1. The lowest BCUT2D eigenvalue weighted by atomic mass is 10.1. The molecule has 0 spiro atoms. The van der Waals surface area contributed by atoms with E-state index in [1.54, 1.807) is 6.92 Å². The Morgan fingerprint density at radius 2 is 1.50 bits per heavy atom. The van der Waals surface area contributed by atoms with Gasteiger partial charge in [0, 0.05) is 44.0 Å². The van der Waals surface area contributed by atoms with E-state index in [1.165, 1.54) is 5.56 Å². The van der Waals surface area contributed by atoms with Crippen LogP contribution in [0.2, 0.25) is 0 Å². The largest absolute Gasteiger partial charge is 0.491 e. The first-order chi connectivity index (χ1) is 15.6. The monoisotopic (exact) mass is 430 g/mol. The summed E-state index contributed by atoms with van der Waals surface area (Å²) in [5, 5.41) is 10.4. The molecular weight excluding hydrogens is 400 g/mol. The van der Waals surface area contributed by atoms with Crippen LogP contribution in [0.25, 0.3) is 11.1 Å². The number of piperazine rings is 1. The summed E-state index contributed by atoms with van der Waals surface area (Å²) in [5.41, 5.74) is 4.20. The second kappa shape index (κ2) is 10.4. The van der Waals surface area contributed by atoms with Gasteiger partial charge >= 0.3 is 0 Å². The van der Waals surface area contributed by atoms with Crippen LogP contribution in [-0.4, -0.2) is 61.2 Å². The van der Waals surface area contributed by atoms with E-state index in [9.17, 15) is 9.90 Å². The zero-order valence-electron chi connectivity index (χ0n) is 18.5. The molecule has 1 heterocycles. The summed E-state index contributed by atoms with van der Waals surface area (Å²) in [4.78, 5) is 16.0. The summed E-state index contributed by atoms with van der Waals surface area (Å²) < 4.78 is 5.81. The molecule has 4 rings (SSSR count). The minimum Gasteiger partial charge on any atom is -0.491 e. The zero-order chi connectivity index (χ0) is 22.3. The van der Waals surface area contributed by atoms with Crippen molar-refractivity contribution in [2.24, 2.45) is 0 Å². The van der Waals surface area contributed by atoms with Crippen LogP contribution in [0.4, 0.5) is 5.69 Å². The van der Waals surface area contributed by atoms with Crippen LogP contribution in [0.3, 0.4) is 0 Å². The number of Topliss-reactive ketones (excluding diaryl/α,β-unsaturated/α-hetero) is 1. The predicted octanol–water partition coefficient (Wildman–Crippen LogP) is 4.12. The van der Waals surface area contributed by atoms with Gasteiger partial charge in [0.1, 0.15) is 18.5 Å². The van der Waals surface area contributed by atoms with Gasteiger partial charge < -0.3 is 14.7 Å². The van der Waals surface area contributed by atoms with Crippen molar-refractivity contribution in [1.29, 1.82) is 0 Å². The number of nitrogens with zero attached hydrogens (tertiary/aromatic N) is 2. The van der Waals surface area contributed by atoms with Gasteiger partial charge in [-0.15, -0.1) is 0 Å². The highest BCUT2D eigenvalue weighted by Crippen LogP contribution is 2.22. The van der Waals surface area contributed by atoms with E-state index < -0.39 is 6.10 Å². The van der Waals surface area contributed by atoms with Crippen molar-refractivity contribution in [2.45, 2.75) is 13.0 Å². The molecule has 1 fully saturated rings. The third kappa shape index (κ3) is 5.75. The highest BCUT2D eigenvalue weighted by atomic mass is 16.5. The summed E-state index contributed by atoms with van der Waals surface area (Å²) in [6, 6.07) is 26.0.